The molecule has 1 aromatic carbocycles. The summed E-state index contributed by atoms with van der Waals surface area (Å²) >= 11 is 0. The van der Waals surface area contributed by atoms with Gasteiger partial charge in [-0.15, -0.1) is 0 Å². The lowest BCUT2D eigenvalue weighted by atomic mass is 9.89. The van der Waals surface area contributed by atoms with E-state index < -0.39 is 34.9 Å². The highest BCUT2D eigenvalue weighted by Gasteiger charge is 2.44. The van der Waals surface area contributed by atoms with Crippen LogP contribution in [0.25, 0.3) is 0 Å². The van der Waals surface area contributed by atoms with Crippen LogP contribution in [0.15, 0.2) is 30.3 Å². The van der Waals surface area contributed by atoms with Gasteiger partial charge in [0.25, 0.3) is 0 Å². The molecule has 1 rings (SSSR count). The number of carbonyl (C=O) groups is 3. The summed E-state index contributed by atoms with van der Waals surface area (Å²) < 4.78 is 5.46. The maximum absolute atomic E-state index is 14.3. The minimum atomic E-state index is -0.870. The second-order valence-electron chi connectivity index (χ2n) is 11.9. The van der Waals surface area contributed by atoms with Crippen LogP contribution in [0.1, 0.15) is 101 Å². The van der Waals surface area contributed by atoms with Crippen molar-refractivity contribution in [2.45, 2.75) is 118 Å². The molecule has 1 aromatic rings. The smallest absolute Gasteiger partial charge is 0.408 e. The zero-order valence-corrected chi connectivity index (χ0v) is 23.6. The van der Waals surface area contributed by atoms with Crippen LogP contribution in [-0.4, -0.2) is 45.5 Å². The van der Waals surface area contributed by atoms with Crippen LogP contribution in [0, 0.1) is 5.92 Å². The van der Waals surface area contributed by atoms with E-state index in [-0.39, 0.29) is 17.7 Å². The van der Waals surface area contributed by atoms with Crippen LogP contribution in [-0.2, 0) is 14.3 Å². The molecule has 3 unspecified atom stereocenters. The Bertz CT molecular complexity index is 853. The minimum Gasteiger partial charge on any atom is -0.444 e. The van der Waals surface area contributed by atoms with E-state index in [0.29, 0.717) is 18.4 Å². The van der Waals surface area contributed by atoms with Crippen molar-refractivity contribution in [2.75, 3.05) is 0 Å². The third kappa shape index (κ3) is 9.19. The molecule has 3 atom stereocenters. The average molecular weight is 490 g/mol. The zero-order chi connectivity index (χ0) is 27.2. The van der Waals surface area contributed by atoms with E-state index in [2.05, 4.69) is 10.6 Å². The number of nitrogens with zero attached hydrogens (tertiary/aromatic N) is 1. The number of ether oxygens (including phenoxy) is 1. The van der Waals surface area contributed by atoms with Crippen molar-refractivity contribution in [3.8, 4) is 0 Å². The van der Waals surface area contributed by atoms with Gasteiger partial charge in [-0.3, -0.25) is 9.59 Å². The van der Waals surface area contributed by atoms with Crippen LogP contribution in [0.3, 0.4) is 0 Å². The van der Waals surface area contributed by atoms with Crippen LogP contribution >= 0.6 is 0 Å². The van der Waals surface area contributed by atoms with Crippen LogP contribution in [0.4, 0.5) is 4.79 Å². The van der Waals surface area contributed by atoms with Gasteiger partial charge in [-0.1, -0.05) is 57.5 Å². The Hall–Kier alpha value is -2.57. The fraction of sp³-hybridized carbons (Fsp3) is 0.679. The summed E-state index contributed by atoms with van der Waals surface area (Å²) in [5, 5.41) is 5.87. The third-order valence-corrected chi connectivity index (χ3v) is 6.03. The summed E-state index contributed by atoms with van der Waals surface area (Å²) in [4.78, 5) is 42.4. The van der Waals surface area contributed by atoms with E-state index in [4.69, 9.17) is 4.74 Å². The molecular weight excluding hydrogens is 442 g/mol. The van der Waals surface area contributed by atoms with Gasteiger partial charge in [0.1, 0.15) is 17.7 Å². The number of hydrogen-bond acceptors (Lipinski definition) is 4. The maximum Gasteiger partial charge on any atom is 0.408 e. The van der Waals surface area contributed by atoms with Gasteiger partial charge < -0.3 is 20.3 Å². The van der Waals surface area contributed by atoms with Gasteiger partial charge in [0.2, 0.25) is 11.8 Å². The lowest BCUT2D eigenvalue weighted by molar-refractivity contribution is -0.151. The molecule has 198 valence electrons. The Balaban J connectivity index is 3.64. The van der Waals surface area contributed by atoms with Gasteiger partial charge in [-0.2, -0.15) is 0 Å². The fourth-order valence-corrected chi connectivity index (χ4v) is 3.70. The number of hydrogen-bond donors (Lipinski definition) is 2. The van der Waals surface area contributed by atoms with Crippen molar-refractivity contribution in [3.05, 3.63) is 35.9 Å². The van der Waals surface area contributed by atoms with Gasteiger partial charge >= 0.3 is 6.09 Å². The van der Waals surface area contributed by atoms with Crippen molar-refractivity contribution in [2.24, 2.45) is 5.92 Å². The normalized spacial score (nSPS) is 14.9. The molecule has 0 saturated carbocycles. The molecule has 0 aliphatic rings. The third-order valence-electron chi connectivity index (χ3n) is 6.03. The van der Waals surface area contributed by atoms with E-state index in [1.54, 1.807) is 25.7 Å². The van der Waals surface area contributed by atoms with E-state index in [0.717, 1.165) is 0 Å². The average Bonchev–Trinajstić information content (AvgIpc) is 2.72. The predicted octanol–water partition coefficient (Wildman–Crippen LogP) is 5.60. The monoisotopic (exact) mass is 489 g/mol. The summed E-state index contributed by atoms with van der Waals surface area (Å²) in [7, 11) is 0. The van der Waals surface area contributed by atoms with Crippen molar-refractivity contribution in [1.82, 2.24) is 15.5 Å². The molecule has 0 aliphatic carbocycles. The lowest BCUT2D eigenvalue weighted by Crippen LogP contribution is -2.61. The predicted molar refractivity (Wildman–Crippen MR) is 141 cm³/mol. The Kier molecular flexibility index (Phi) is 10.4. The van der Waals surface area contributed by atoms with Gasteiger partial charge in [0, 0.05) is 11.1 Å². The Morgan fingerprint density at radius 3 is 1.91 bits per heavy atom. The van der Waals surface area contributed by atoms with Gasteiger partial charge in [-0.25, -0.2) is 4.79 Å². The van der Waals surface area contributed by atoms with Crippen molar-refractivity contribution < 1.29 is 19.1 Å². The highest BCUT2D eigenvalue weighted by molar-refractivity contribution is 5.93. The molecule has 7 heteroatoms. The summed E-state index contributed by atoms with van der Waals surface area (Å²) in [6.45, 7) is 20.9. The lowest BCUT2D eigenvalue weighted by Gasteiger charge is -2.45. The number of amides is 3. The molecule has 0 heterocycles. The van der Waals surface area contributed by atoms with Gasteiger partial charge in [0.15, 0.2) is 0 Å². The molecule has 0 aliphatic heterocycles. The van der Waals surface area contributed by atoms with E-state index in [1.165, 1.54) is 0 Å². The molecule has 0 saturated heterocycles. The summed E-state index contributed by atoms with van der Waals surface area (Å²) in [6, 6.07) is 7.60. The SMILES string of the molecule is CCC(C)C(NC(=O)OC(C)(C)C)C(=O)N(C(C(=O)NC(C)(C)C)c1ccccc1)C(C)(C)CC. The molecule has 3 amide bonds. The molecule has 35 heavy (non-hydrogen) atoms. The molecule has 7 nitrogen and oxygen atoms in total. The highest BCUT2D eigenvalue weighted by atomic mass is 16.6. The van der Waals surface area contributed by atoms with Crippen LogP contribution in [0.5, 0.6) is 0 Å². The summed E-state index contributed by atoms with van der Waals surface area (Å²) in [6.07, 6.45) is 0.627. The van der Waals surface area contributed by atoms with E-state index >= 15 is 0 Å². The van der Waals surface area contributed by atoms with E-state index in [9.17, 15) is 14.4 Å². The second-order valence-corrected chi connectivity index (χ2v) is 11.9. The molecule has 0 spiro atoms. The first-order chi connectivity index (χ1) is 15.9. The Morgan fingerprint density at radius 2 is 1.49 bits per heavy atom. The standard InChI is InChI=1S/C28H47N3O4/c1-12-19(3)21(29-25(34)35-27(7,8)9)24(33)31(28(10,11)13-2)22(20-17-15-14-16-18-20)23(32)30-26(4,5)6/h14-19,21-22H,12-13H2,1-11H3,(H,29,34)(H,30,32). The highest BCUT2D eigenvalue weighted by Crippen LogP contribution is 2.33. The molecule has 0 radical (unpaired) electrons. The van der Waals surface area contributed by atoms with Crippen molar-refractivity contribution in [3.63, 3.8) is 0 Å². The topological polar surface area (TPSA) is 87.7 Å². The molecule has 2 N–H and O–H groups in total. The fourth-order valence-electron chi connectivity index (χ4n) is 3.70. The van der Waals surface area contributed by atoms with Gasteiger partial charge in [-0.05, 0) is 73.3 Å². The number of benzene rings is 1. The summed E-state index contributed by atoms with van der Waals surface area (Å²) in [5.74, 6) is -0.749. The Labute approximate surface area is 212 Å². The van der Waals surface area contributed by atoms with E-state index in [1.807, 2.05) is 85.7 Å². The number of rotatable bonds is 9. The molecule has 0 bridgehead atoms. The second kappa shape index (κ2) is 11.9. The first kappa shape index (κ1) is 30.5. The molecular formula is C28H47N3O4. The largest absolute Gasteiger partial charge is 0.444 e. The van der Waals surface area contributed by atoms with Crippen molar-refractivity contribution in [1.29, 1.82) is 0 Å². The molecule has 0 aromatic heterocycles. The van der Waals surface area contributed by atoms with Crippen LogP contribution < -0.4 is 10.6 Å². The van der Waals surface area contributed by atoms with Crippen molar-refractivity contribution >= 4 is 17.9 Å². The van der Waals surface area contributed by atoms with Crippen LogP contribution in [0.2, 0.25) is 0 Å². The first-order valence-corrected chi connectivity index (χ1v) is 12.6. The first-order valence-electron chi connectivity index (χ1n) is 12.6. The number of alkyl carbamates (subject to hydrolysis) is 1. The van der Waals surface area contributed by atoms with Gasteiger partial charge in [0.05, 0.1) is 0 Å². The molecule has 0 fully saturated rings. The maximum atomic E-state index is 14.3. The number of carbonyl (C=O) groups excluding carboxylic acids is 3. The number of nitrogens with one attached hydrogen (secondary N) is 2. The summed E-state index contributed by atoms with van der Waals surface area (Å²) in [5.41, 5.74) is -1.15. The Morgan fingerprint density at radius 1 is 0.943 bits per heavy atom. The zero-order valence-electron chi connectivity index (χ0n) is 23.6. The minimum absolute atomic E-state index is 0.174. The quantitative estimate of drug-likeness (QED) is 0.473.